The molecule has 0 fully saturated rings. The number of carbonyl (C=O) groups excluding carboxylic acids is 1. The monoisotopic (exact) mass is 299 g/mol. The molecule has 0 aliphatic rings. The quantitative estimate of drug-likeness (QED) is 0.891. The number of hydrogen-bond donors (Lipinski definition) is 2. The number of aryl methyl sites for hydroxylation is 3. The van der Waals surface area contributed by atoms with Crippen molar-refractivity contribution in [3.8, 4) is 5.75 Å². The van der Waals surface area contributed by atoms with E-state index < -0.39 is 12.0 Å². The third-order valence-corrected chi connectivity index (χ3v) is 3.60. The van der Waals surface area contributed by atoms with Crippen molar-refractivity contribution >= 4 is 5.91 Å². The Morgan fingerprint density at radius 1 is 1.18 bits per heavy atom. The minimum atomic E-state index is -1.32. The minimum Gasteiger partial charge on any atom is -0.488 e. The van der Waals surface area contributed by atoms with E-state index in [4.69, 9.17) is 10.5 Å². The van der Waals surface area contributed by atoms with Crippen molar-refractivity contribution < 1.29 is 14.6 Å². The van der Waals surface area contributed by atoms with Crippen molar-refractivity contribution in [1.82, 2.24) is 0 Å². The third kappa shape index (κ3) is 3.46. The molecule has 4 heteroatoms. The predicted octanol–water partition coefficient (Wildman–Crippen LogP) is 2.71. The summed E-state index contributed by atoms with van der Waals surface area (Å²) in [5.41, 5.74) is 9.71. The molecule has 2 aromatic rings. The number of primary amides is 1. The fourth-order valence-corrected chi connectivity index (χ4v) is 2.63. The SMILES string of the molecule is Cc1cc(C)c(OCc2ccccc2C(O)C(N)=O)c(C)c1. The molecule has 3 N–H and O–H groups in total. The van der Waals surface area contributed by atoms with Crippen LogP contribution < -0.4 is 10.5 Å². The first kappa shape index (κ1) is 16.0. The van der Waals surface area contributed by atoms with Crippen molar-refractivity contribution in [2.24, 2.45) is 5.73 Å². The van der Waals surface area contributed by atoms with Gasteiger partial charge in [0, 0.05) is 0 Å². The molecule has 0 spiro atoms. The van der Waals surface area contributed by atoms with Gasteiger partial charge in [-0.3, -0.25) is 4.79 Å². The number of rotatable bonds is 5. The van der Waals surface area contributed by atoms with E-state index in [9.17, 15) is 9.90 Å². The first-order valence-electron chi connectivity index (χ1n) is 7.16. The van der Waals surface area contributed by atoms with E-state index in [2.05, 4.69) is 12.1 Å². The second kappa shape index (κ2) is 6.62. The van der Waals surface area contributed by atoms with Crippen LogP contribution in [-0.4, -0.2) is 11.0 Å². The Morgan fingerprint density at radius 3 is 2.36 bits per heavy atom. The lowest BCUT2D eigenvalue weighted by molar-refractivity contribution is -0.126. The largest absolute Gasteiger partial charge is 0.488 e. The molecule has 1 unspecified atom stereocenters. The van der Waals surface area contributed by atoms with Gasteiger partial charge in [0.25, 0.3) is 5.91 Å². The summed E-state index contributed by atoms with van der Waals surface area (Å²) in [6, 6.07) is 11.2. The molecule has 2 rings (SSSR count). The van der Waals surface area contributed by atoms with E-state index in [1.165, 1.54) is 5.56 Å². The highest BCUT2D eigenvalue weighted by molar-refractivity contribution is 5.80. The van der Waals surface area contributed by atoms with Crippen LogP contribution >= 0.6 is 0 Å². The summed E-state index contributed by atoms with van der Waals surface area (Å²) in [6.45, 7) is 6.31. The smallest absolute Gasteiger partial charge is 0.250 e. The van der Waals surface area contributed by atoms with Gasteiger partial charge in [-0.2, -0.15) is 0 Å². The molecular weight excluding hydrogens is 278 g/mol. The highest BCUT2D eigenvalue weighted by atomic mass is 16.5. The molecule has 0 radical (unpaired) electrons. The van der Waals surface area contributed by atoms with Crippen LogP contribution in [0.25, 0.3) is 0 Å². The van der Waals surface area contributed by atoms with Crippen LogP contribution in [0.15, 0.2) is 36.4 Å². The summed E-state index contributed by atoms with van der Waals surface area (Å²) in [5.74, 6) is 0.0594. The number of carbonyl (C=O) groups is 1. The predicted molar refractivity (Wildman–Crippen MR) is 85.6 cm³/mol. The lowest BCUT2D eigenvalue weighted by Crippen LogP contribution is -2.22. The number of aliphatic hydroxyl groups is 1. The zero-order chi connectivity index (χ0) is 16.3. The van der Waals surface area contributed by atoms with Gasteiger partial charge in [0.15, 0.2) is 6.10 Å². The van der Waals surface area contributed by atoms with Crippen LogP contribution in [0.2, 0.25) is 0 Å². The molecule has 2 aromatic carbocycles. The van der Waals surface area contributed by atoms with Gasteiger partial charge in [0.1, 0.15) is 12.4 Å². The highest BCUT2D eigenvalue weighted by Gasteiger charge is 2.17. The van der Waals surface area contributed by atoms with Crippen LogP contribution in [-0.2, 0) is 11.4 Å². The minimum absolute atomic E-state index is 0.269. The molecule has 1 atom stereocenters. The van der Waals surface area contributed by atoms with Crippen molar-refractivity contribution in [1.29, 1.82) is 0 Å². The van der Waals surface area contributed by atoms with Crippen molar-refractivity contribution in [3.63, 3.8) is 0 Å². The van der Waals surface area contributed by atoms with E-state index in [1.54, 1.807) is 12.1 Å². The second-order valence-electron chi connectivity index (χ2n) is 5.52. The van der Waals surface area contributed by atoms with Crippen LogP contribution in [0, 0.1) is 20.8 Å². The lowest BCUT2D eigenvalue weighted by atomic mass is 10.0. The molecule has 1 amide bonds. The normalized spacial score (nSPS) is 12.0. The first-order valence-corrected chi connectivity index (χ1v) is 7.16. The third-order valence-electron chi connectivity index (χ3n) is 3.60. The van der Waals surface area contributed by atoms with Crippen molar-refractivity contribution in [2.45, 2.75) is 33.5 Å². The summed E-state index contributed by atoms with van der Waals surface area (Å²) in [4.78, 5) is 11.2. The molecular formula is C18H21NO3. The summed E-state index contributed by atoms with van der Waals surface area (Å²) < 4.78 is 5.92. The second-order valence-corrected chi connectivity index (χ2v) is 5.52. The Hall–Kier alpha value is -2.33. The van der Waals surface area contributed by atoms with Gasteiger partial charge in [0.2, 0.25) is 0 Å². The van der Waals surface area contributed by atoms with Crippen molar-refractivity contribution in [2.75, 3.05) is 0 Å². The maximum absolute atomic E-state index is 11.2. The summed E-state index contributed by atoms with van der Waals surface area (Å²) in [7, 11) is 0. The summed E-state index contributed by atoms with van der Waals surface area (Å²) >= 11 is 0. The highest BCUT2D eigenvalue weighted by Crippen LogP contribution is 2.26. The molecule has 0 aliphatic carbocycles. The standard InChI is InChI=1S/C18H21NO3/c1-11-8-12(2)17(13(3)9-11)22-10-14-6-4-5-7-15(14)16(20)18(19)21/h4-9,16,20H,10H2,1-3H3,(H2,19,21). The Kier molecular flexibility index (Phi) is 4.83. The van der Waals surface area contributed by atoms with Crippen molar-refractivity contribution in [3.05, 3.63) is 64.2 Å². The van der Waals surface area contributed by atoms with Gasteiger partial charge < -0.3 is 15.6 Å². The Balaban J connectivity index is 2.25. The van der Waals surface area contributed by atoms with E-state index in [0.717, 1.165) is 22.4 Å². The summed E-state index contributed by atoms with van der Waals surface area (Å²) in [5, 5.41) is 9.89. The Labute approximate surface area is 130 Å². The molecule has 116 valence electrons. The van der Waals surface area contributed by atoms with Crippen LogP contribution in [0.1, 0.15) is 33.9 Å². The van der Waals surface area contributed by atoms with Crippen LogP contribution in [0.5, 0.6) is 5.75 Å². The van der Waals surface area contributed by atoms with Gasteiger partial charge in [-0.15, -0.1) is 0 Å². The van der Waals surface area contributed by atoms with E-state index in [-0.39, 0.29) is 6.61 Å². The summed E-state index contributed by atoms with van der Waals surface area (Å²) in [6.07, 6.45) is -1.32. The van der Waals surface area contributed by atoms with Gasteiger partial charge in [-0.05, 0) is 43.0 Å². The molecule has 0 aromatic heterocycles. The molecule has 22 heavy (non-hydrogen) atoms. The molecule has 4 nitrogen and oxygen atoms in total. The zero-order valence-electron chi connectivity index (χ0n) is 13.1. The first-order chi connectivity index (χ1) is 10.4. The van der Waals surface area contributed by atoms with Crippen LogP contribution in [0.4, 0.5) is 0 Å². The number of hydrogen-bond acceptors (Lipinski definition) is 3. The number of aliphatic hydroxyl groups excluding tert-OH is 1. The van der Waals surface area contributed by atoms with E-state index in [1.807, 2.05) is 32.9 Å². The molecule has 0 aliphatic heterocycles. The Morgan fingerprint density at radius 2 is 1.77 bits per heavy atom. The average Bonchev–Trinajstić information content (AvgIpc) is 2.45. The van der Waals surface area contributed by atoms with Gasteiger partial charge in [-0.1, -0.05) is 42.0 Å². The molecule has 0 saturated carbocycles. The van der Waals surface area contributed by atoms with Gasteiger partial charge in [0.05, 0.1) is 0 Å². The van der Waals surface area contributed by atoms with E-state index >= 15 is 0 Å². The molecule has 0 saturated heterocycles. The lowest BCUT2D eigenvalue weighted by Gasteiger charge is -2.16. The molecule has 0 heterocycles. The van der Waals surface area contributed by atoms with E-state index in [0.29, 0.717) is 5.56 Å². The fraction of sp³-hybridized carbons (Fsp3) is 0.278. The topological polar surface area (TPSA) is 72.6 Å². The maximum atomic E-state index is 11.2. The number of benzene rings is 2. The number of nitrogens with two attached hydrogens (primary N) is 1. The fourth-order valence-electron chi connectivity index (χ4n) is 2.63. The Bertz CT molecular complexity index is 671. The van der Waals surface area contributed by atoms with Gasteiger partial charge >= 0.3 is 0 Å². The zero-order valence-corrected chi connectivity index (χ0v) is 13.1. The van der Waals surface area contributed by atoms with Gasteiger partial charge in [-0.25, -0.2) is 0 Å². The van der Waals surface area contributed by atoms with Crippen LogP contribution in [0.3, 0.4) is 0 Å². The maximum Gasteiger partial charge on any atom is 0.250 e. The number of ether oxygens (including phenoxy) is 1. The molecule has 0 bridgehead atoms. The number of amides is 1. The average molecular weight is 299 g/mol.